The summed E-state index contributed by atoms with van der Waals surface area (Å²) in [7, 11) is 1.65. The Balaban J connectivity index is 0.00000338. The van der Waals surface area contributed by atoms with Crippen LogP contribution in [0.3, 0.4) is 0 Å². The number of aliphatic imine (C=N–C) groups is 1. The van der Waals surface area contributed by atoms with Gasteiger partial charge in [0.25, 0.3) is 0 Å². The topological polar surface area (TPSA) is 61.3 Å². The van der Waals surface area contributed by atoms with Crippen LogP contribution in [0.4, 0.5) is 19.0 Å². The van der Waals surface area contributed by atoms with Crippen molar-refractivity contribution in [3.63, 3.8) is 0 Å². The fourth-order valence-electron chi connectivity index (χ4n) is 2.12. The van der Waals surface area contributed by atoms with E-state index in [1.807, 2.05) is 11.4 Å². The molecule has 2 aromatic heterocycles. The van der Waals surface area contributed by atoms with Crippen LogP contribution in [0, 0.1) is 0 Å². The minimum atomic E-state index is -4.43. The molecule has 0 saturated heterocycles. The normalized spacial score (nSPS) is 11.6. The number of anilines is 1. The van der Waals surface area contributed by atoms with E-state index in [0.29, 0.717) is 12.5 Å². The number of aromatic nitrogens is 1. The lowest BCUT2D eigenvalue weighted by Crippen LogP contribution is -2.40. The molecule has 3 N–H and O–H groups in total. The maximum Gasteiger partial charge on any atom is 0.419 e. The molecule has 2 heterocycles. The zero-order valence-electron chi connectivity index (χ0n) is 14.1. The monoisotopic (exact) mass is 499 g/mol. The molecule has 0 unspecified atom stereocenters. The SMILES string of the molecule is CN=C(NCCNc1ncccc1C(F)(F)F)NCCc1cccs1.I. The van der Waals surface area contributed by atoms with Gasteiger partial charge in [0.1, 0.15) is 5.82 Å². The Bertz CT molecular complexity index is 677. The summed E-state index contributed by atoms with van der Waals surface area (Å²) in [5.74, 6) is 0.438. The molecule has 0 radical (unpaired) electrons. The van der Waals surface area contributed by atoms with Gasteiger partial charge in [0.05, 0.1) is 5.56 Å². The number of alkyl halides is 3. The molecule has 5 nitrogen and oxygen atoms in total. The largest absolute Gasteiger partial charge is 0.419 e. The summed E-state index contributed by atoms with van der Waals surface area (Å²) in [4.78, 5) is 9.12. The van der Waals surface area contributed by atoms with Crippen molar-refractivity contribution in [3.05, 3.63) is 46.3 Å². The van der Waals surface area contributed by atoms with Crippen LogP contribution in [0.25, 0.3) is 0 Å². The van der Waals surface area contributed by atoms with Gasteiger partial charge in [-0.15, -0.1) is 35.3 Å². The second-order valence-corrected chi connectivity index (χ2v) is 6.11. The van der Waals surface area contributed by atoms with E-state index >= 15 is 0 Å². The summed E-state index contributed by atoms with van der Waals surface area (Å²) in [6, 6.07) is 6.35. The molecule has 2 rings (SSSR count). The van der Waals surface area contributed by atoms with E-state index in [-0.39, 0.29) is 36.3 Å². The van der Waals surface area contributed by atoms with Crippen LogP contribution < -0.4 is 16.0 Å². The second-order valence-electron chi connectivity index (χ2n) is 5.08. The standard InChI is InChI=1S/C16H20F3N5S.HI/c1-20-15(23-8-6-12-4-3-11-25-12)24-10-9-22-14-13(16(17,18)19)5-2-7-21-14;/h2-5,7,11H,6,8-10H2,1H3,(H,21,22)(H2,20,23,24);1H. The number of guanidine groups is 1. The van der Waals surface area contributed by atoms with Gasteiger partial charge in [-0.2, -0.15) is 13.2 Å². The third kappa shape index (κ3) is 7.36. The van der Waals surface area contributed by atoms with Gasteiger partial charge >= 0.3 is 6.18 Å². The van der Waals surface area contributed by atoms with E-state index in [4.69, 9.17) is 0 Å². The lowest BCUT2D eigenvalue weighted by atomic mass is 10.2. The molecule has 0 aliphatic carbocycles. The molecule has 0 atom stereocenters. The van der Waals surface area contributed by atoms with E-state index in [2.05, 4.69) is 32.0 Å². The average molecular weight is 499 g/mol. The van der Waals surface area contributed by atoms with Crippen molar-refractivity contribution in [1.29, 1.82) is 0 Å². The van der Waals surface area contributed by atoms with Crippen molar-refractivity contribution in [2.45, 2.75) is 12.6 Å². The van der Waals surface area contributed by atoms with E-state index in [1.165, 1.54) is 17.1 Å². The van der Waals surface area contributed by atoms with Crippen LogP contribution in [-0.4, -0.2) is 37.6 Å². The molecule has 0 aliphatic rings. The minimum absolute atomic E-state index is 0. The van der Waals surface area contributed by atoms with Crippen molar-refractivity contribution in [2.24, 2.45) is 4.99 Å². The number of hydrogen-bond donors (Lipinski definition) is 3. The van der Waals surface area contributed by atoms with Gasteiger partial charge in [-0.05, 0) is 30.0 Å². The molecule has 0 aromatic carbocycles. The summed E-state index contributed by atoms with van der Waals surface area (Å²) in [6.45, 7) is 1.42. The molecule has 0 spiro atoms. The smallest absolute Gasteiger partial charge is 0.368 e. The van der Waals surface area contributed by atoms with Gasteiger partial charge in [0.2, 0.25) is 0 Å². The predicted molar refractivity (Wildman–Crippen MR) is 111 cm³/mol. The first-order valence-corrected chi connectivity index (χ1v) is 8.61. The second kappa shape index (κ2) is 11.2. The molecule has 0 aliphatic heterocycles. The first-order valence-electron chi connectivity index (χ1n) is 7.73. The van der Waals surface area contributed by atoms with Gasteiger partial charge in [-0.1, -0.05) is 6.07 Å². The first kappa shape index (κ1) is 22.5. The van der Waals surface area contributed by atoms with Crippen molar-refractivity contribution in [3.8, 4) is 0 Å². The number of nitrogens with one attached hydrogen (secondary N) is 3. The van der Waals surface area contributed by atoms with Crippen LogP contribution in [-0.2, 0) is 12.6 Å². The maximum atomic E-state index is 12.9. The maximum absolute atomic E-state index is 12.9. The molecule has 26 heavy (non-hydrogen) atoms. The Labute approximate surface area is 171 Å². The van der Waals surface area contributed by atoms with E-state index < -0.39 is 11.7 Å². The highest BCUT2D eigenvalue weighted by molar-refractivity contribution is 14.0. The Morgan fingerprint density at radius 3 is 2.58 bits per heavy atom. The van der Waals surface area contributed by atoms with Crippen LogP contribution in [0.1, 0.15) is 10.4 Å². The quantitative estimate of drug-likeness (QED) is 0.236. The molecule has 0 bridgehead atoms. The van der Waals surface area contributed by atoms with E-state index in [1.54, 1.807) is 18.4 Å². The Morgan fingerprint density at radius 2 is 1.92 bits per heavy atom. The van der Waals surface area contributed by atoms with Crippen LogP contribution in [0.15, 0.2) is 40.8 Å². The Morgan fingerprint density at radius 1 is 1.15 bits per heavy atom. The summed E-state index contributed by atoms with van der Waals surface area (Å²) in [6.07, 6.45) is -2.21. The zero-order chi connectivity index (χ0) is 18.1. The zero-order valence-corrected chi connectivity index (χ0v) is 17.3. The molecule has 0 saturated carbocycles. The van der Waals surface area contributed by atoms with Crippen LogP contribution in [0.5, 0.6) is 0 Å². The van der Waals surface area contributed by atoms with E-state index in [0.717, 1.165) is 19.0 Å². The number of halogens is 4. The lowest BCUT2D eigenvalue weighted by Gasteiger charge is -2.14. The van der Waals surface area contributed by atoms with Crippen molar-refractivity contribution >= 4 is 47.1 Å². The lowest BCUT2D eigenvalue weighted by molar-refractivity contribution is -0.137. The molecule has 0 fully saturated rings. The van der Waals surface area contributed by atoms with Gasteiger partial charge < -0.3 is 16.0 Å². The number of nitrogens with zero attached hydrogens (tertiary/aromatic N) is 2. The summed E-state index contributed by atoms with van der Waals surface area (Å²) in [5, 5.41) is 10.9. The van der Waals surface area contributed by atoms with Gasteiger partial charge in [0, 0.05) is 37.8 Å². The van der Waals surface area contributed by atoms with Crippen LogP contribution >= 0.6 is 35.3 Å². The third-order valence-electron chi connectivity index (χ3n) is 3.29. The van der Waals surface area contributed by atoms with Gasteiger partial charge in [-0.25, -0.2) is 4.98 Å². The Hall–Kier alpha value is -1.56. The molecular weight excluding hydrogens is 478 g/mol. The number of hydrogen-bond acceptors (Lipinski definition) is 4. The minimum Gasteiger partial charge on any atom is -0.368 e. The van der Waals surface area contributed by atoms with Crippen molar-refractivity contribution in [2.75, 3.05) is 32.0 Å². The Kier molecular flexibility index (Phi) is 9.70. The van der Waals surface area contributed by atoms with E-state index in [9.17, 15) is 13.2 Å². The predicted octanol–water partition coefficient (Wildman–Crippen LogP) is 3.60. The molecule has 10 heteroatoms. The first-order chi connectivity index (χ1) is 12.0. The highest BCUT2D eigenvalue weighted by atomic mass is 127. The summed E-state index contributed by atoms with van der Waals surface area (Å²) < 4.78 is 38.6. The van der Waals surface area contributed by atoms with Gasteiger partial charge in [-0.3, -0.25) is 4.99 Å². The summed E-state index contributed by atoms with van der Waals surface area (Å²) in [5.41, 5.74) is -0.770. The summed E-state index contributed by atoms with van der Waals surface area (Å²) >= 11 is 1.70. The third-order valence-corrected chi connectivity index (χ3v) is 4.23. The molecule has 2 aromatic rings. The van der Waals surface area contributed by atoms with Crippen LogP contribution in [0.2, 0.25) is 0 Å². The fraction of sp³-hybridized carbons (Fsp3) is 0.375. The number of thiophene rings is 1. The van der Waals surface area contributed by atoms with Gasteiger partial charge in [0.15, 0.2) is 5.96 Å². The molecule has 144 valence electrons. The van der Waals surface area contributed by atoms with Crippen molar-refractivity contribution < 1.29 is 13.2 Å². The average Bonchev–Trinajstić information content (AvgIpc) is 3.10. The highest BCUT2D eigenvalue weighted by Gasteiger charge is 2.33. The number of rotatable bonds is 7. The fourth-order valence-corrected chi connectivity index (χ4v) is 2.83. The highest BCUT2D eigenvalue weighted by Crippen LogP contribution is 2.33. The molecule has 0 amide bonds. The van der Waals surface area contributed by atoms with Crippen molar-refractivity contribution in [1.82, 2.24) is 15.6 Å². The molecular formula is C16H21F3IN5S. The number of pyridine rings is 1.